The highest BCUT2D eigenvalue weighted by molar-refractivity contribution is 5.78. The highest BCUT2D eigenvalue weighted by atomic mass is 16.2. The molecule has 1 heterocycles. The second-order valence-electron chi connectivity index (χ2n) is 7.53. The van der Waals surface area contributed by atoms with E-state index in [1.807, 2.05) is 7.05 Å². The zero-order chi connectivity index (χ0) is 14.8. The van der Waals surface area contributed by atoms with Gasteiger partial charge in [0.05, 0.1) is 6.54 Å². The van der Waals surface area contributed by atoms with Gasteiger partial charge in [0.2, 0.25) is 5.91 Å². The summed E-state index contributed by atoms with van der Waals surface area (Å²) < 4.78 is 0. The second kappa shape index (κ2) is 6.66. The fourth-order valence-corrected chi connectivity index (χ4v) is 4.90. The van der Waals surface area contributed by atoms with Crippen LogP contribution >= 0.6 is 0 Å². The van der Waals surface area contributed by atoms with E-state index in [0.29, 0.717) is 18.6 Å². The van der Waals surface area contributed by atoms with Crippen molar-refractivity contribution in [1.82, 2.24) is 15.5 Å². The van der Waals surface area contributed by atoms with Crippen molar-refractivity contribution < 1.29 is 4.79 Å². The number of carbonyl (C=O) groups is 1. The highest BCUT2D eigenvalue weighted by Crippen LogP contribution is 2.49. The van der Waals surface area contributed by atoms with Crippen molar-refractivity contribution in [3.63, 3.8) is 0 Å². The zero-order valence-electron chi connectivity index (χ0n) is 13.6. The second-order valence-corrected chi connectivity index (χ2v) is 7.53. The molecule has 3 fully saturated rings. The zero-order valence-corrected chi connectivity index (χ0v) is 13.6. The van der Waals surface area contributed by atoms with E-state index in [9.17, 15) is 4.79 Å². The van der Waals surface area contributed by atoms with Crippen molar-refractivity contribution in [2.75, 3.05) is 26.7 Å². The predicted octanol–water partition coefficient (Wildman–Crippen LogP) is 1.61. The van der Waals surface area contributed by atoms with Crippen molar-refractivity contribution in [1.29, 1.82) is 0 Å². The van der Waals surface area contributed by atoms with Gasteiger partial charge in [-0.05, 0) is 63.8 Å². The van der Waals surface area contributed by atoms with E-state index in [2.05, 4.69) is 22.5 Å². The lowest BCUT2D eigenvalue weighted by atomic mass is 9.84. The van der Waals surface area contributed by atoms with Crippen molar-refractivity contribution >= 4 is 5.91 Å². The fourth-order valence-electron chi connectivity index (χ4n) is 4.90. The summed E-state index contributed by atoms with van der Waals surface area (Å²) >= 11 is 0. The summed E-state index contributed by atoms with van der Waals surface area (Å²) in [5.41, 5.74) is 0. The summed E-state index contributed by atoms with van der Waals surface area (Å²) in [6.45, 7) is 4.89. The number of carbonyl (C=O) groups excluding carboxylic acids is 1. The first-order chi connectivity index (χ1) is 10.2. The van der Waals surface area contributed by atoms with Gasteiger partial charge < -0.3 is 10.6 Å². The number of nitrogens with one attached hydrogen (secondary N) is 2. The number of rotatable bonds is 5. The molecular weight excluding hydrogens is 262 g/mol. The van der Waals surface area contributed by atoms with E-state index >= 15 is 0 Å². The molecule has 2 bridgehead atoms. The molecule has 0 aromatic carbocycles. The van der Waals surface area contributed by atoms with E-state index < -0.39 is 0 Å². The van der Waals surface area contributed by atoms with Crippen LogP contribution in [0.5, 0.6) is 0 Å². The van der Waals surface area contributed by atoms with Gasteiger partial charge in [-0.25, -0.2) is 0 Å². The normalized spacial score (nSPS) is 35.0. The van der Waals surface area contributed by atoms with Gasteiger partial charge in [0.15, 0.2) is 0 Å². The van der Waals surface area contributed by atoms with Crippen molar-refractivity contribution in [3.05, 3.63) is 0 Å². The van der Waals surface area contributed by atoms with Crippen LogP contribution in [0.4, 0.5) is 0 Å². The van der Waals surface area contributed by atoms with Gasteiger partial charge >= 0.3 is 0 Å². The van der Waals surface area contributed by atoms with Crippen LogP contribution in [0.15, 0.2) is 0 Å². The Morgan fingerprint density at radius 2 is 1.95 bits per heavy atom. The smallest absolute Gasteiger partial charge is 0.234 e. The minimum atomic E-state index is 0.230. The van der Waals surface area contributed by atoms with Crippen LogP contribution < -0.4 is 10.6 Å². The van der Waals surface area contributed by atoms with Gasteiger partial charge in [-0.3, -0.25) is 9.69 Å². The highest BCUT2D eigenvalue weighted by Gasteiger charge is 2.42. The van der Waals surface area contributed by atoms with Crippen LogP contribution in [-0.4, -0.2) is 49.6 Å². The number of likely N-dealkylation sites (tertiary alicyclic amines) is 1. The number of hydrogen-bond acceptors (Lipinski definition) is 3. The van der Waals surface area contributed by atoms with Crippen molar-refractivity contribution in [3.8, 4) is 0 Å². The van der Waals surface area contributed by atoms with Crippen LogP contribution in [0.2, 0.25) is 0 Å². The molecule has 120 valence electrons. The molecule has 4 unspecified atom stereocenters. The first kappa shape index (κ1) is 15.3. The van der Waals surface area contributed by atoms with Gasteiger partial charge in [-0.2, -0.15) is 0 Å². The molecule has 2 N–H and O–H groups in total. The van der Waals surface area contributed by atoms with E-state index in [4.69, 9.17) is 0 Å². The third-order valence-electron chi connectivity index (χ3n) is 6.19. The summed E-state index contributed by atoms with van der Waals surface area (Å²) in [5, 5.41) is 6.62. The molecule has 4 nitrogen and oxygen atoms in total. The van der Waals surface area contributed by atoms with Gasteiger partial charge in [0.25, 0.3) is 0 Å². The standard InChI is InChI=1S/C17H31N3O/c1-12(16-10-13-3-4-14(16)9-13)19-17(21)11-20-7-5-15(18-2)6-8-20/h12-16,18H,3-11H2,1-2H3,(H,19,21). The van der Waals surface area contributed by atoms with E-state index in [1.165, 1.54) is 25.7 Å². The molecule has 0 aromatic rings. The summed E-state index contributed by atoms with van der Waals surface area (Å²) in [4.78, 5) is 14.6. The third kappa shape index (κ3) is 3.59. The van der Waals surface area contributed by atoms with E-state index in [0.717, 1.165) is 43.7 Å². The lowest BCUT2D eigenvalue weighted by Crippen LogP contribution is -2.48. The molecule has 0 radical (unpaired) electrons. The Hall–Kier alpha value is -0.610. The Balaban J connectivity index is 1.40. The molecule has 4 atom stereocenters. The first-order valence-electron chi connectivity index (χ1n) is 8.84. The number of piperidine rings is 1. The van der Waals surface area contributed by atoms with Gasteiger partial charge in [-0.1, -0.05) is 6.42 Å². The average molecular weight is 293 g/mol. The van der Waals surface area contributed by atoms with Gasteiger partial charge in [0.1, 0.15) is 0 Å². The van der Waals surface area contributed by atoms with Gasteiger partial charge in [-0.15, -0.1) is 0 Å². The first-order valence-corrected chi connectivity index (χ1v) is 8.84. The SMILES string of the molecule is CNC1CCN(CC(=O)NC(C)C2CC3CCC2C3)CC1. The Kier molecular flexibility index (Phi) is 4.85. The van der Waals surface area contributed by atoms with E-state index in [1.54, 1.807) is 0 Å². The van der Waals surface area contributed by atoms with Crippen LogP contribution in [0, 0.1) is 17.8 Å². The molecule has 2 aliphatic carbocycles. The lowest BCUT2D eigenvalue weighted by Gasteiger charge is -2.32. The van der Waals surface area contributed by atoms with Crippen molar-refractivity contribution in [2.45, 2.75) is 57.5 Å². The molecule has 0 aromatic heterocycles. The Labute approximate surface area is 129 Å². The summed E-state index contributed by atoms with van der Waals surface area (Å²) in [5.74, 6) is 2.81. The van der Waals surface area contributed by atoms with Crippen LogP contribution in [0.25, 0.3) is 0 Å². The molecular formula is C17H31N3O. The molecule has 3 rings (SSSR count). The maximum absolute atomic E-state index is 12.3. The number of hydrogen-bond donors (Lipinski definition) is 2. The molecule has 2 saturated carbocycles. The summed E-state index contributed by atoms with van der Waals surface area (Å²) in [6, 6.07) is 1.000. The minimum Gasteiger partial charge on any atom is -0.352 e. The molecule has 0 spiro atoms. The van der Waals surface area contributed by atoms with Gasteiger partial charge in [0, 0.05) is 25.2 Å². The number of amides is 1. The Morgan fingerprint density at radius 3 is 2.52 bits per heavy atom. The largest absolute Gasteiger partial charge is 0.352 e. The maximum Gasteiger partial charge on any atom is 0.234 e. The minimum absolute atomic E-state index is 0.230. The quantitative estimate of drug-likeness (QED) is 0.809. The summed E-state index contributed by atoms with van der Waals surface area (Å²) in [6.07, 6.45) is 7.91. The topological polar surface area (TPSA) is 44.4 Å². The lowest BCUT2D eigenvalue weighted by molar-refractivity contribution is -0.123. The predicted molar refractivity (Wildman–Crippen MR) is 85.1 cm³/mol. The Morgan fingerprint density at radius 1 is 1.19 bits per heavy atom. The van der Waals surface area contributed by atoms with Crippen LogP contribution in [-0.2, 0) is 4.79 Å². The third-order valence-corrected chi connectivity index (χ3v) is 6.19. The van der Waals surface area contributed by atoms with Crippen LogP contribution in [0.1, 0.15) is 45.4 Å². The Bertz CT molecular complexity index is 365. The molecule has 1 amide bonds. The van der Waals surface area contributed by atoms with Crippen molar-refractivity contribution in [2.24, 2.45) is 17.8 Å². The summed E-state index contributed by atoms with van der Waals surface area (Å²) in [7, 11) is 2.03. The fraction of sp³-hybridized carbons (Fsp3) is 0.941. The maximum atomic E-state index is 12.3. The molecule has 1 aliphatic heterocycles. The molecule has 3 aliphatic rings. The average Bonchev–Trinajstić information content (AvgIpc) is 3.10. The van der Waals surface area contributed by atoms with Crippen LogP contribution in [0.3, 0.4) is 0 Å². The molecule has 21 heavy (non-hydrogen) atoms. The number of nitrogens with zero attached hydrogens (tertiary/aromatic N) is 1. The monoisotopic (exact) mass is 293 g/mol. The van der Waals surface area contributed by atoms with E-state index in [-0.39, 0.29) is 5.91 Å². The number of fused-ring (bicyclic) bond motifs is 2. The molecule has 4 heteroatoms. The molecule has 1 saturated heterocycles.